The number of ketones is 4. The molecule has 1 fully saturated rings. The minimum absolute atomic E-state index is 0.0561. The summed E-state index contributed by atoms with van der Waals surface area (Å²) in [4.78, 5) is 52.0. The van der Waals surface area contributed by atoms with Crippen molar-refractivity contribution in [3.05, 3.63) is 45.2 Å². The number of fused-ring (bicyclic) bond motifs is 3. The van der Waals surface area contributed by atoms with Crippen LogP contribution in [-0.2, 0) is 38.4 Å². The molecule has 8 heteroatoms. The van der Waals surface area contributed by atoms with E-state index < -0.39 is 56.8 Å². The molecule has 4 rings (SSSR count). The quantitative estimate of drug-likeness (QED) is 0.392. The number of aliphatic hydroxyl groups is 3. The van der Waals surface area contributed by atoms with Gasteiger partial charge in [-0.2, -0.15) is 0 Å². The fourth-order valence-corrected chi connectivity index (χ4v) is 7.74. The fourth-order valence-electron chi connectivity index (χ4n) is 7.74. The van der Waals surface area contributed by atoms with Crippen LogP contribution in [0.4, 0.5) is 0 Å². The maximum Gasteiger partial charge on any atom is 0.203 e. The normalized spacial score (nSPS) is 30.3. The Morgan fingerprint density at radius 2 is 1.69 bits per heavy atom. The first-order valence-electron chi connectivity index (χ1n) is 13.5. The van der Waals surface area contributed by atoms with Crippen LogP contribution < -0.4 is 0 Å². The lowest BCUT2D eigenvalue weighted by Crippen LogP contribution is -2.69. The zero-order valence-electron chi connectivity index (χ0n) is 23.7. The molecule has 0 spiro atoms. The average molecular weight is 539 g/mol. The van der Waals surface area contributed by atoms with Crippen molar-refractivity contribution in [2.75, 3.05) is 0 Å². The van der Waals surface area contributed by atoms with Crippen molar-refractivity contribution in [1.82, 2.24) is 0 Å². The molecule has 0 bridgehead atoms. The molecule has 1 aromatic carbocycles. The van der Waals surface area contributed by atoms with Crippen molar-refractivity contribution >= 4 is 28.9 Å². The highest BCUT2D eigenvalue weighted by Crippen LogP contribution is 2.65. The first kappa shape index (κ1) is 28.7. The highest BCUT2D eigenvalue weighted by Gasteiger charge is 2.72. The molecular weight excluding hydrogens is 500 g/mol. The zero-order chi connectivity index (χ0) is 29.4. The fraction of sp³-hybridized carbons (Fsp3) is 0.548. The minimum atomic E-state index is -2.63. The van der Waals surface area contributed by atoms with E-state index >= 15 is 0 Å². The van der Waals surface area contributed by atoms with E-state index in [4.69, 9.17) is 0 Å². The molecule has 1 unspecified atom stereocenters. The van der Waals surface area contributed by atoms with E-state index in [0.717, 1.165) is 12.5 Å². The molecule has 3 aliphatic carbocycles. The van der Waals surface area contributed by atoms with Gasteiger partial charge >= 0.3 is 0 Å². The summed E-state index contributed by atoms with van der Waals surface area (Å²) in [6, 6.07) is 1.83. The maximum atomic E-state index is 14.4. The number of hydrogen-bond donors (Lipinski definition) is 4. The van der Waals surface area contributed by atoms with Crippen molar-refractivity contribution in [2.45, 2.75) is 86.2 Å². The SMILES string of the molecule is CCc1cc(CCC(C)=O)c(O)c2c1C[C@]1(C)C[C@]3(C)C(C(C)C)C(=O)C(C(C)=O)=C(O)[C@]3(O)C(=O)C1=C2O. The van der Waals surface area contributed by atoms with Gasteiger partial charge in [-0.3, -0.25) is 14.4 Å². The van der Waals surface area contributed by atoms with Crippen LogP contribution in [0.3, 0.4) is 0 Å². The highest BCUT2D eigenvalue weighted by atomic mass is 16.3. The number of aliphatic hydroxyl groups excluding tert-OH is 2. The third-order valence-corrected chi connectivity index (χ3v) is 9.30. The van der Waals surface area contributed by atoms with Crippen molar-refractivity contribution < 1.29 is 39.6 Å². The number of rotatable bonds is 6. The van der Waals surface area contributed by atoms with Crippen molar-refractivity contribution in [3.63, 3.8) is 0 Å². The lowest BCUT2D eigenvalue weighted by atomic mass is 9.43. The first-order valence-corrected chi connectivity index (χ1v) is 13.5. The van der Waals surface area contributed by atoms with Crippen LogP contribution in [0, 0.1) is 22.7 Å². The van der Waals surface area contributed by atoms with Gasteiger partial charge in [-0.1, -0.05) is 40.7 Å². The maximum absolute atomic E-state index is 14.4. The van der Waals surface area contributed by atoms with Crippen LogP contribution in [0.5, 0.6) is 5.75 Å². The zero-order valence-corrected chi connectivity index (χ0v) is 23.7. The number of benzene rings is 1. The molecule has 0 heterocycles. The van der Waals surface area contributed by atoms with Gasteiger partial charge in [0.15, 0.2) is 17.2 Å². The van der Waals surface area contributed by atoms with E-state index in [1.807, 2.05) is 13.0 Å². The minimum Gasteiger partial charge on any atom is -0.508 e. The number of carbonyl (C=O) groups is 4. The van der Waals surface area contributed by atoms with Gasteiger partial charge < -0.3 is 25.2 Å². The van der Waals surface area contributed by atoms with Gasteiger partial charge in [0.2, 0.25) is 5.78 Å². The average Bonchev–Trinajstić information content (AvgIpc) is 2.80. The molecule has 4 atom stereocenters. The number of phenols is 1. The van der Waals surface area contributed by atoms with E-state index in [9.17, 15) is 39.6 Å². The van der Waals surface area contributed by atoms with Crippen LogP contribution in [0.1, 0.15) is 83.6 Å². The summed E-state index contributed by atoms with van der Waals surface area (Å²) in [5.41, 5.74) is -3.83. The Bertz CT molecular complexity index is 1400. The van der Waals surface area contributed by atoms with E-state index in [0.29, 0.717) is 17.5 Å². The molecule has 1 saturated carbocycles. The molecule has 4 N–H and O–H groups in total. The second-order valence-corrected chi connectivity index (χ2v) is 12.4. The van der Waals surface area contributed by atoms with Crippen molar-refractivity contribution in [1.29, 1.82) is 0 Å². The summed E-state index contributed by atoms with van der Waals surface area (Å²) < 4.78 is 0. The Labute approximate surface area is 228 Å². The van der Waals surface area contributed by atoms with E-state index in [2.05, 4.69) is 0 Å². The van der Waals surface area contributed by atoms with Crippen molar-refractivity contribution in [3.8, 4) is 5.75 Å². The van der Waals surface area contributed by atoms with Gasteiger partial charge in [0, 0.05) is 28.7 Å². The van der Waals surface area contributed by atoms with Crippen LogP contribution in [0.2, 0.25) is 0 Å². The first-order chi connectivity index (χ1) is 18.0. The Morgan fingerprint density at radius 1 is 1.08 bits per heavy atom. The smallest absolute Gasteiger partial charge is 0.203 e. The molecule has 39 heavy (non-hydrogen) atoms. The number of aryl methyl sites for hydroxylation is 2. The molecule has 3 aliphatic rings. The molecule has 0 radical (unpaired) electrons. The standard InChI is InChI=1S/C31H38O8/c1-8-17-11-18(10-9-15(4)32)24(34)21-19(17)12-29(6)13-30(7)22(14(2)3)25(35)20(16(5)33)27(37)31(30,39)28(38)23(29)26(21)36/h11,14,22,34,36-37,39H,8-10,12-13H2,1-7H3/t22?,29-,30-,31+/m1/s1. The van der Waals surface area contributed by atoms with E-state index in [1.165, 1.54) is 6.92 Å². The number of aromatic hydroxyl groups is 1. The summed E-state index contributed by atoms with van der Waals surface area (Å²) in [7, 11) is 0. The molecule has 0 saturated heterocycles. The van der Waals surface area contributed by atoms with Gasteiger partial charge in [-0.15, -0.1) is 0 Å². The molecule has 210 valence electrons. The molecular formula is C31H38O8. The lowest BCUT2D eigenvalue weighted by Gasteiger charge is -2.59. The van der Waals surface area contributed by atoms with Gasteiger partial charge in [0.05, 0.1) is 5.56 Å². The number of phenolic OH excluding ortho intramolecular Hbond substituents is 1. The summed E-state index contributed by atoms with van der Waals surface area (Å²) >= 11 is 0. The topological polar surface area (TPSA) is 149 Å². The monoisotopic (exact) mass is 538 g/mol. The molecule has 0 aromatic heterocycles. The molecule has 1 aromatic rings. The van der Waals surface area contributed by atoms with Crippen molar-refractivity contribution in [2.24, 2.45) is 22.7 Å². The second kappa shape index (κ2) is 9.15. The largest absolute Gasteiger partial charge is 0.508 e. The summed E-state index contributed by atoms with van der Waals surface area (Å²) in [6.45, 7) is 11.4. The van der Waals surface area contributed by atoms with Gasteiger partial charge in [0.1, 0.15) is 28.6 Å². The van der Waals surface area contributed by atoms with Crippen LogP contribution in [-0.4, -0.2) is 49.2 Å². The Kier molecular flexibility index (Phi) is 6.74. The molecule has 0 amide bonds. The summed E-state index contributed by atoms with van der Waals surface area (Å²) in [5, 5.41) is 46.3. The molecule has 8 nitrogen and oxygen atoms in total. The van der Waals surface area contributed by atoms with E-state index in [-0.39, 0.29) is 54.3 Å². The molecule has 0 aliphatic heterocycles. The number of hydrogen-bond acceptors (Lipinski definition) is 8. The second-order valence-electron chi connectivity index (χ2n) is 12.4. The van der Waals surface area contributed by atoms with E-state index in [1.54, 1.807) is 27.7 Å². The number of carbonyl (C=O) groups excluding carboxylic acids is 4. The van der Waals surface area contributed by atoms with Crippen LogP contribution in [0.15, 0.2) is 23.0 Å². The van der Waals surface area contributed by atoms with Gasteiger partial charge in [-0.05, 0) is 62.1 Å². The summed E-state index contributed by atoms with van der Waals surface area (Å²) in [6.07, 6.45) is 1.31. The van der Waals surface area contributed by atoms with Crippen LogP contribution in [0.25, 0.3) is 5.76 Å². The number of Topliss-reactive ketones (excluding diaryl/α,β-unsaturated/α-hetero) is 4. The van der Waals surface area contributed by atoms with Gasteiger partial charge in [0.25, 0.3) is 0 Å². The third kappa shape index (κ3) is 3.74. The third-order valence-electron chi connectivity index (χ3n) is 9.30. The highest BCUT2D eigenvalue weighted by molar-refractivity contribution is 6.24. The Morgan fingerprint density at radius 3 is 2.21 bits per heavy atom. The predicted octanol–water partition coefficient (Wildman–Crippen LogP) is 4.27. The number of allylic oxidation sites excluding steroid dienone is 1. The lowest BCUT2D eigenvalue weighted by molar-refractivity contribution is -0.178. The Hall–Kier alpha value is -3.26. The summed E-state index contributed by atoms with van der Waals surface area (Å²) in [5.74, 6) is -5.43. The predicted molar refractivity (Wildman–Crippen MR) is 144 cm³/mol. The van der Waals surface area contributed by atoms with Gasteiger partial charge in [-0.25, -0.2) is 0 Å². The van der Waals surface area contributed by atoms with Crippen LogP contribution >= 0.6 is 0 Å². The Balaban J connectivity index is 2.05.